The fourth-order valence-electron chi connectivity index (χ4n) is 3.51. The standard InChI is InChI=1S/C21H28N2O4/c1-2-26-19(24)11-10-17-9-8-16(14-22-17)15-23-21(12-5-13-21)20(25)27-18-6-3-4-7-18/h8-11,14,18,23H,2-7,12-13,15H2,1H3/b11-10+. The van der Waals surface area contributed by atoms with E-state index in [2.05, 4.69) is 10.3 Å². The van der Waals surface area contributed by atoms with E-state index in [0.717, 1.165) is 50.5 Å². The van der Waals surface area contributed by atoms with Gasteiger partial charge in [-0.1, -0.05) is 6.07 Å². The number of hydrogen-bond acceptors (Lipinski definition) is 6. The minimum Gasteiger partial charge on any atom is -0.463 e. The number of aromatic nitrogens is 1. The fourth-order valence-corrected chi connectivity index (χ4v) is 3.51. The summed E-state index contributed by atoms with van der Waals surface area (Å²) in [6, 6.07) is 3.79. The molecular weight excluding hydrogens is 344 g/mol. The Morgan fingerprint density at radius 2 is 2.04 bits per heavy atom. The Hall–Kier alpha value is -2.21. The highest BCUT2D eigenvalue weighted by Crippen LogP contribution is 2.35. The van der Waals surface area contributed by atoms with Crippen LogP contribution in [0.4, 0.5) is 0 Å². The molecule has 1 heterocycles. The van der Waals surface area contributed by atoms with Crippen LogP contribution in [0, 0.1) is 0 Å². The highest BCUT2D eigenvalue weighted by molar-refractivity contribution is 5.86. The van der Waals surface area contributed by atoms with Crippen molar-refractivity contribution in [2.75, 3.05) is 6.61 Å². The lowest BCUT2D eigenvalue weighted by atomic mass is 9.76. The third-order valence-electron chi connectivity index (χ3n) is 5.33. The summed E-state index contributed by atoms with van der Waals surface area (Å²) in [6.07, 6.45) is 11.8. The van der Waals surface area contributed by atoms with Gasteiger partial charge in [-0.25, -0.2) is 4.79 Å². The first-order chi connectivity index (χ1) is 13.1. The first kappa shape index (κ1) is 19.5. The number of esters is 2. The summed E-state index contributed by atoms with van der Waals surface area (Å²) in [7, 11) is 0. The van der Waals surface area contributed by atoms with Gasteiger partial charge in [0, 0.05) is 18.8 Å². The van der Waals surface area contributed by atoms with E-state index in [1.54, 1.807) is 19.2 Å². The molecule has 0 radical (unpaired) electrons. The normalized spacial score (nSPS) is 19.0. The predicted molar refractivity (Wildman–Crippen MR) is 102 cm³/mol. The van der Waals surface area contributed by atoms with Gasteiger partial charge >= 0.3 is 11.9 Å². The van der Waals surface area contributed by atoms with E-state index < -0.39 is 5.54 Å². The molecule has 0 spiro atoms. The Morgan fingerprint density at radius 1 is 1.26 bits per heavy atom. The number of nitrogens with zero attached hydrogens (tertiary/aromatic N) is 1. The Bertz CT molecular complexity index is 674. The molecule has 2 aliphatic rings. The van der Waals surface area contributed by atoms with Gasteiger partial charge in [0.25, 0.3) is 0 Å². The summed E-state index contributed by atoms with van der Waals surface area (Å²) < 4.78 is 10.6. The summed E-state index contributed by atoms with van der Waals surface area (Å²) in [5.74, 6) is -0.472. The molecule has 0 unspecified atom stereocenters. The second-order valence-corrected chi connectivity index (χ2v) is 7.28. The Kier molecular flexibility index (Phi) is 6.61. The van der Waals surface area contributed by atoms with Crippen LogP contribution in [0.25, 0.3) is 6.08 Å². The second-order valence-electron chi connectivity index (χ2n) is 7.28. The maximum Gasteiger partial charge on any atom is 0.330 e. The number of hydrogen-bond donors (Lipinski definition) is 1. The average Bonchev–Trinajstić information content (AvgIpc) is 3.13. The molecule has 0 saturated heterocycles. The number of nitrogens with one attached hydrogen (secondary N) is 1. The van der Waals surface area contributed by atoms with Crippen LogP contribution >= 0.6 is 0 Å². The minimum absolute atomic E-state index is 0.0948. The van der Waals surface area contributed by atoms with Crippen molar-refractivity contribution in [2.45, 2.75) is 70.1 Å². The molecule has 3 rings (SSSR count). The molecule has 0 aromatic carbocycles. The van der Waals surface area contributed by atoms with Crippen molar-refractivity contribution in [1.29, 1.82) is 0 Å². The molecule has 1 aromatic heterocycles. The van der Waals surface area contributed by atoms with Crippen LogP contribution in [0.2, 0.25) is 0 Å². The maximum atomic E-state index is 12.6. The van der Waals surface area contributed by atoms with E-state index in [1.165, 1.54) is 6.08 Å². The quantitative estimate of drug-likeness (QED) is 0.558. The number of pyridine rings is 1. The summed E-state index contributed by atoms with van der Waals surface area (Å²) >= 11 is 0. The van der Waals surface area contributed by atoms with E-state index in [0.29, 0.717) is 18.8 Å². The molecule has 6 heteroatoms. The van der Waals surface area contributed by atoms with Crippen LogP contribution in [-0.2, 0) is 25.6 Å². The summed E-state index contributed by atoms with van der Waals surface area (Å²) in [5.41, 5.74) is 1.14. The number of ether oxygens (including phenoxy) is 2. The van der Waals surface area contributed by atoms with Crippen molar-refractivity contribution < 1.29 is 19.1 Å². The Morgan fingerprint density at radius 3 is 2.63 bits per heavy atom. The minimum atomic E-state index is -0.537. The molecule has 0 aliphatic heterocycles. The van der Waals surface area contributed by atoms with Crippen LogP contribution in [0.15, 0.2) is 24.4 Å². The van der Waals surface area contributed by atoms with Gasteiger partial charge < -0.3 is 9.47 Å². The third kappa shape index (κ3) is 5.16. The first-order valence-corrected chi connectivity index (χ1v) is 9.87. The Balaban J connectivity index is 1.52. The van der Waals surface area contributed by atoms with Crippen molar-refractivity contribution in [3.8, 4) is 0 Å². The van der Waals surface area contributed by atoms with E-state index in [-0.39, 0.29) is 18.0 Å². The maximum absolute atomic E-state index is 12.6. The van der Waals surface area contributed by atoms with Gasteiger partial charge in [0.1, 0.15) is 11.6 Å². The zero-order valence-electron chi connectivity index (χ0n) is 15.9. The van der Waals surface area contributed by atoms with E-state index in [9.17, 15) is 9.59 Å². The molecule has 6 nitrogen and oxygen atoms in total. The van der Waals surface area contributed by atoms with Crippen molar-refractivity contribution in [2.24, 2.45) is 0 Å². The Labute approximate surface area is 160 Å². The van der Waals surface area contributed by atoms with Gasteiger partial charge in [-0.15, -0.1) is 0 Å². The highest BCUT2D eigenvalue weighted by atomic mass is 16.5. The van der Waals surface area contributed by atoms with Gasteiger partial charge in [0.15, 0.2) is 0 Å². The fraction of sp³-hybridized carbons (Fsp3) is 0.571. The van der Waals surface area contributed by atoms with Crippen LogP contribution in [0.1, 0.15) is 63.1 Å². The highest BCUT2D eigenvalue weighted by Gasteiger charge is 2.46. The molecular formula is C21H28N2O4. The number of carbonyl (C=O) groups is 2. The average molecular weight is 372 g/mol. The summed E-state index contributed by atoms with van der Waals surface area (Å²) in [6.45, 7) is 2.69. The monoisotopic (exact) mass is 372 g/mol. The van der Waals surface area contributed by atoms with Gasteiger partial charge in [0.2, 0.25) is 0 Å². The molecule has 0 atom stereocenters. The van der Waals surface area contributed by atoms with Crippen LogP contribution < -0.4 is 5.32 Å². The van der Waals surface area contributed by atoms with E-state index in [4.69, 9.17) is 9.47 Å². The van der Waals surface area contributed by atoms with Crippen molar-refractivity contribution >= 4 is 18.0 Å². The molecule has 1 aromatic rings. The van der Waals surface area contributed by atoms with Crippen LogP contribution in [0.3, 0.4) is 0 Å². The van der Waals surface area contributed by atoms with Gasteiger partial charge in [0.05, 0.1) is 12.3 Å². The molecule has 146 valence electrons. The lowest BCUT2D eigenvalue weighted by Crippen LogP contribution is -2.58. The van der Waals surface area contributed by atoms with E-state index in [1.807, 2.05) is 12.1 Å². The predicted octanol–water partition coefficient (Wildman–Crippen LogP) is 3.16. The number of rotatable bonds is 8. The second kappa shape index (κ2) is 9.13. The van der Waals surface area contributed by atoms with Crippen molar-refractivity contribution in [1.82, 2.24) is 10.3 Å². The van der Waals surface area contributed by atoms with Gasteiger partial charge in [-0.05, 0) is 69.6 Å². The number of carbonyl (C=O) groups excluding carboxylic acids is 2. The zero-order chi connectivity index (χ0) is 19.1. The first-order valence-electron chi connectivity index (χ1n) is 9.87. The summed E-state index contributed by atoms with van der Waals surface area (Å²) in [4.78, 5) is 28.3. The van der Waals surface area contributed by atoms with Gasteiger partial charge in [-0.2, -0.15) is 0 Å². The molecule has 2 saturated carbocycles. The molecule has 1 N–H and O–H groups in total. The lowest BCUT2D eigenvalue weighted by molar-refractivity contribution is -0.161. The van der Waals surface area contributed by atoms with Crippen molar-refractivity contribution in [3.05, 3.63) is 35.7 Å². The largest absolute Gasteiger partial charge is 0.463 e. The molecule has 0 bridgehead atoms. The SMILES string of the molecule is CCOC(=O)/C=C/c1ccc(CNC2(C(=O)OC3CCCC3)CCC2)cn1. The topological polar surface area (TPSA) is 77.5 Å². The smallest absolute Gasteiger partial charge is 0.330 e. The molecule has 2 aliphatic carbocycles. The molecule has 0 amide bonds. The molecule has 27 heavy (non-hydrogen) atoms. The lowest BCUT2D eigenvalue weighted by Gasteiger charge is -2.40. The van der Waals surface area contributed by atoms with Crippen molar-refractivity contribution in [3.63, 3.8) is 0 Å². The van der Waals surface area contributed by atoms with Gasteiger partial charge in [-0.3, -0.25) is 15.1 Å². The van der Waals surface area contributed by atoms with Crippen LogP contribution in [-0.4, -0.2) is 35.2 Å². The zero-order valence-corrected chi connectivity index (χ0v) is 15.9. The summed E-state index contributed by atoms with van der Waals surface area (Å²) in [5, 5.41) is 3.40. The third-order valence-corrected chi connectivity index (χ3v) is 5.33. The van der Waals surface area contributed by atoms with E-state index >= 15 is 0 Å². The van der Waals surface area contributed by atoms with Crippen LogP contribution in [0.5, 0.6) is 0 Å². The molecule has 2 fully saturated rings.